The summed E-state index contributed by atoms with van der Waals surface area (Å²) in [6, 6.07) is 7.85. The van der Waals surface area contributed by atoms with E-state index in [1.165, 1.54) is 0 Å². The zero-order valence-corrected chi connectivity index (χ0v) is 14.4. The molecule has 1 aliphatic carbocycles. The number of hydrogen-bond acceptors (Lipinski definition) is 4. The summed E-state index contributed by atoms with van der Waals surface area (Å²) in [4.78, 5) is 4.56. The SMILES string of the molecule is CC(C)(Cc1cccc(Cl)c1)c1nc(C2(N)CCC2)no1.Cl. The van der Waals surface area contributed by atoms with E-state index in [2.05, 4.69) is 30.1 Å². The molecular weight excluding hydrogens is 321 g/mol. The molecule has 0 radical (unpaired) electrons. The minimum Gasteiger partial charge on any atom is -0.339 e. The molecule has 4 nitrogen and oxygen atoms in total. The van der Waals surface area contributed by atoms with E-state index in [9.17, 15) is 0 Å². The third-order valence-corrected chi connectivity index (χ3v) is 4.47. The first-order valence-corrected chi connectivity index (χ1v) is 7.65. The summed E-state index contributed by atoms with van der Waals surface area (Å²) >= 11 is 6.04. The maximum Gasteiger partial charge on any atom is 0.232 e. The van der Waals surface area contributed by atoms with E-state index in [-0.39, 0.29) is 23.4 Å². The Morgan fingerprint density at radius 3 is 2.68 bits per heavy atom. The molecule has 0 atom stereocenters. The Balaban J connectivity index is 0.00000176. The van der Waals surface area contributed by atoms with E-state index in [0.717, 1.165) is 36.3 Å². The molecule has 1 saturated carbocycles. The highest BCUT2D eigenvalue weighted by Gasteiger charge is 2.40. The van der Waals surface area contributed by atoms with Crippen LogP contribution in [0.1, 0.15) is 50.4 Å². The molecule has 0 bridgehead atoms. The third kappa shape index (κ3) is 3.29. The van der Waals surface area contributed by atoms with Crippen LogP contribution in [0.2, 0.25) is 5.02 Å². The van der Waals surface area contributed by atoms with E-state index in [0.29, 0.717) is 11.7 Å². The molecule has 3 rings (SSSR count). The summed E-state index contributed by atoms with van der Waals surface area (Å²) in [5.74, 6) is 1.28. The average Bonchev–Trinajstić information content (AvgIpc) is 2.86. The minimum atomic E-state index is -0.381. The Kier molecular flexibility index (Phi) is 4.85. The fourth-order valence-electron chi connectivity index (χ4n) is 2.71. The molecule has 1 fully saturated rings. The van der Waals surface area contributed by atoms with E-state index in [1.807, 2.05) is 18.2 Å². The molecule has 1 aromatic heterocycles. The first-order valence-electron chi connectivity index (χ1n) is 7.27. The van der Waals surface area contributed by atoms with Gasteiger partial charge in [-0.15, -0.1) is 12.4 Å². The second-order valence-corrected chi connectivity index (χ2v) is 7.06. The van der Waals surface area contributed by atoms with Crippen molar-refractivity contribution in [1.82, 2.24) is 10.1 Å². The minimum absolute atomic E-state index is 0. The zero-order valence-electron chi connectivity index (χ0n) is 12.8. The number of hydrogen-bond donors (Lipinski definition) is 1. The molecule has 0 saturated heterocycles. The molecule has 1 aliphatic rings. The number of benzene rings is 1. The lowest BCUT2D eigenvalue weighted by Gasteiger charge is -2.34. The number of rotatable bonds is 4. The number of nitrogens with zero attached hydrogens (tertiary/aromatic N) is 2. The number of nitrogens with two attached hydrogens (primary N) is 1. The smallest absolute Gasteiger partial charge is 0.232 e. The van der Waals surface area contributed by atoms with Gasteiger partial charge in [0, 0.05) is 10.4 Å². The van der Waals surface area contributed by atoms with Crippen molar-refractivity contribution < 1.29 is 4.52 Å². The molecule has 0 aliphatic heterocycles. The molecule has 2 aromatic rings. The quantitative estimate of drug-likeness (QED) is 0.912. The van der Waals surface area contributed by atoms with Gasteiger partial charge in [-0.05, 0) is 43.4 Å². The van der Waals surface area contributed by atoms with E-state index >= 15 is 0 Å². The lowest BCUT2D eigenvalue weighted by Crippen LogP contribution is -2.44. The van der Waals surface area contributed by atoms with Crippen molar-refractivity contribution in [2.24, 2.45) is 5.73 Å². The molecule has 2 N–H and O–H groups in total. The van der Waals surface area contributed by atoms with Crippen LogP contribution in [-0.2, 0) is 17.4 Å². The molecule has 1 heterocycles. The summed E-state index contributed by atoms with van der Waals surface area (Å²) in [6.07, 6.45) is 3.78. The Morgan fingerprint density at radius 2 is 2.09 bits per heavy atom. The van der Waals surface area contributed by atoms with Gasteiger partial charge >= 0.3 is 0 Å². The highest BCUT2D eigenvalue weighted by Crippen LogP contribution is 2.38. The summed E-state index contributed by atoms with van der Waals surface area (Å²) < 4.78 is 5.48. The molecule has 0 unspecified atom stereocenters. The van der Waals surface area contributed by atoms with Crippen LogP contribution >= 0.6 is 24.0 Å². The number of aromatic nitrogens is 2. The average molecular weight is 342 g/mol. The van der Waals surface area contributed by atoms with E-state index in [4.69, 9.17) is 21.9 Å². The summed E-state index contributed by atoms with van der Waals surface area (Å²) in [5.41, 5.74) is 6.77. The van der Waals surface area contributed by atoms with E-state index in [1.54, 1.807) is 0 Å². The van der Waals surface area contributed by atoms with Gasteiger partial charge in [0.2, 0.25) is 5.89 Å². The van der Waals surface area contributed by atoms with Crippen molar-refractivity contribution in [3.8, 4) is 0 Å². The maximum absolute atomic E-state index is 6.25. The predicted octanol–water partition coefficient (Wildman–Crippen LogP) is 4.00. The standard InChI is InChI=1S/C16H20ClN3O.ClH/c1-15(2,10-11-5-3-6-12(17)9-11)14-19-13(20-21-14)16(18)7-4-8-16;/h3,5-6,9H,4,7-8,10,18H2,1-2H3;1H. The van der Waals surface area contributed by atoms with Crippen LogP contribution in [0, 0.1) is 0 Å². The van der Waals surface area contributed by atoms with E-state index < -0.39 is 0 Å². The van der Waals surface area contributed by atoms with Crippen molar-refractivity contribution in [3.05, 3.63) is 46.6 Å². The van der Waals surface area contributed by atoms with Gasteiger partial charge < -0.3 is 10.3 Å². The largest absolute Gasteiger partial charge is 0.339 e. The van der Waals surface area contributed by atoms with Crippen molar-refractivity contribution in [1.29, 1.82) is 0 Å². The van der Waals surface area contributed by atoms with Crippen LogP contribution in [0.3, 0.4) is 0 Å². The van der Waals surface area contributed by atoms with Crippen molar-refractivity contribution in [2.75, 3.05) is 0 Å². The molecule has 120 valence electrons. The van der Waals surface area contributed by atoms with Gasteiger partial charge in [-0.25, -0.2) is 0 Å². The molecular formula is C16H21Cl2N3O. The van der Waals surface area contributed by atoms with Crippen molar-refractivity contribution >= 4 is 24.0 Å². The Morgan fingerprint density at radius 1 is 1.36 bits per heavy atom. The first kappa shape index (κ1) is 17.3. The maximum atomic E-state index is 6.25. The first-order chi connectivity index (χ1) is 9.89. The summed E-state index contributed by atoms with van der Waals surface area (Å²) in [5, 5.41) is 4.84. The van der Waals surface area contributed by atoms with Crippen molar-refractivity contribution in [2.45, 2.75) is 50.5 Å². The number of halogens is 2. The third-order valence-electron chi connectivity index (χ3n) is 4.23. The highest BCUT2D eigenvalue weighted by atomic mass is 35.5. The van der Waals surface area contributed by atoms with Gasteiger partial charge in [-0.1, -0.05) is 42.7 Å². The lowest BCUT2D eigenvalue weighted by molar-refractivity contribution is 0.227. The summed E-state index contributed by atoms with van der Waals surface area (Å²) in [6.45, 7) is 4.18. The molecule has 0 spiro atoms. The van der Waals surface area contributed by atoms with Gasteiger partial charge in [-0.2, -0.15) is 4.98 Å². The second-order valence-electron chi connectivity index (χ2n) is 6.62. The predicted molar refractivity (Wildman–Crippen MR) is 89.4 cm³/mol. The van der Waals surface area contributed by atoms with Crippen LogP contribution in [-0.4, -0.2) is 10.1 Å². The summed E-state index contributed by atoms with van der Waals surface area (Å²) in [7, 11) is 0. The Hall–Kier alpha value is -1.10. The zero-order chi connectivity index (χ0) is 15.1. The topological polar surface area (TPSA) is 64.9 Å². The lowest BCUT2D eigenvalue weighted by atomic mass is 9.77. The Labute approximate surface area is 141 Å². The fourth-order valence-corrected chi connectivity index (χ4v) is 2.93. The molecule has 6 heteroatoms. The molecule has 1 aromatic carbocycles. The van der Waals surface area contributed by atoms with Crippen LogP contribution in [0.25, 0.3) is 0 Å². The molecule has 0 amide bonds. The van der Waals surface area contributed by atoms with Crippen molar-refractivity contribution in [3.63, 3.8) is 0 Å². The molecule has 22 heavy (non-hydrogen) atoms. The normalized spacial score (nSPS) is 16.7. The fraction of sp³-hybridized carbons (Fsp3) is 0.500. The van der Waals surface area contributed by atoms with Crippen LogP contribution in [0.5, 0.6) is 0 Å². The van der Waals surface area contributed by atoms with Gasteiger partial charge in [0.15, 0.2) is 5.82 Å². The van der Waals surface area contributed by atoms with Gasteiger partial charge in [-0.3, -0.25) is 0 Å². The van der Waals surface area contributed by atoms with Gasteiger partial charge in [0.05, 0.1) is 5.54 Å². The highest BCUT2D eigenvalue weighted by molar-refractivity contribution is 6.30. The van der Waals surface area contributed by atoms with Crippen LogP contribution in [0.15, 0.2) is 28.8 Å². The monoisotopic (exact) mass is 341 g/mol. The van der Waals surface area contributed by atoms with Gasteiger partial charge in [0.1, 0.15) is 0 Å². The van der Waals surface area contributed by atoms with Gasteiger partial charge in [0.25, 0.3) is 0 Å². The second kappa shape index (κ2) is 6.19. The Bertz CT molecular complexity index is 650. The van der Waals surface area contributed by atoms with Crippen LogP contribution in [0.4, 0.5) is 0 Å². The van der Waals surface area contributed by atoms with Crippen LogP contribution < -0.4 is 5.73 Å².